The van der Waals surface area contributed by atoms with Gasteiger partial charge >= 0.3 is 0 Å². The van der Waals surface area contributed by atoms with Gasteiger partial charge in [-0.2, -0.15) is 0 Å². The molecular weight excluding hydrogens is 282 g/mol. The van der Waals surface area contributed by atoms with Crippen LogP contribution in [0.3, 0.4) is 0 Å². The third kappa shape index (κ3) is 4.96. The van der Waals surface area contributed by atoms with E-state index in [0.717, 1.165) is 51.2 Å². The zero-order chi connectivity index (χ0) is 15.8. The van der Waals surface area contributed by atoms with Gasteiger partial charge in [0.25, 0.3) is 0 Å². The van der Waals surface area contributed by atoms with Crippen molar-refractivity contribution in [2.45, 2.75) is 26.4 Å². The van der Waals surface area contributed by atoms with E-state index in [9.17, 15) is 0 Å². The Morgan fingerprint density at radius 3 is 2.82 bits per heavy atom. The first-order valence-electron chi connectivity index (χ1n) is 7.87. The smallest absolute Gasteiger partial charge is 0.191 e. The largest absolute Gasteiger partial charge is 0.379 e. The highest BCUT2D eigenvalue weighted by atomic mass is 16.5. The van der Waals surface area contributed by atoms with Gasteiger partial charge in [-0.25, -0.2) is 4.99 Å². The monoisotopic (exact) mass is 309 g/mol. The summed E-state index contributed by atoms with van der Waals surface area (Å²) in [5.74, 6) is 1.66. The van der Waals surface area contributed by atoms with Gasteiger partial charge in [0.1, 0.15) is 12.9 Å². The highest BCUT2D eigenvalue weighted by molar-refractivity contribution is 5.79. The van der Waals surface area contributed by atoms with Crippen LogP contribution in [0.25, 0.3) is 0 Å². The third-order valence-corrected chi connectivity index (χ3v) is 3.76. The molecule has 0 bridgehead atoms. The van der Waals surface area contributed by atoms with Crippen molar-refractivity contribution in [1.82, 2.24) is 30.3 Å². The van der Waals surface area contributed by atoms with Crippen LogP contribution in [0.5, 0.6) is 0 Å². The Balaban J connectivity index is 1.83. The van der Waals surface area contributed by atoms with Crippen molar-refractivity contribution >= 4 is 5.96 Å². The van der Waals surface area contributed by atoms with E-state index >= 15 is 0 Å². The van der Waals surface area contributed by atoms with Crippen molar-refractivity contribution in [1.29, 1.82) is 0 Å². The first-order chi connectivity index (χ1) is 10.7. The number of nitrogens with zero attached hydrogens (tertiary/aromatic N) is 5. The SMILES string of the molecule is CCNC(=NCc1nncn1C)NCC(C)N1CCOCC1. The molecule has 1 aromatic rings. The second kappa shape index (κ2) is 8.70. The van der Waals surface area contributed by atoms with Crippen LogP contribution in [-0.2, 0) is 18.3 Å². The number of morpholine rings is 1. The zero-order valence-electron chi connectivity index (χ0n) is 13.7. The van der Waals surface area contributed by atoms with Gasteiger partial charge in [0.05, 0.1) is 13.2 Å². The fourth-order valence-electron chi connectivity index (χ4n) is 2.33. The van der Waals surface area contributed by atoms with Crippen LogP contribution in [0.2, 0.25) is 0 Å². The molecule has 0 amide bonds. The molecule has 1 aliphatic heterocycles. The molecule has 0 saturated carbocycles. The summed E-state index contributed by atoms with van der Waals surface area (Å²) in [7, 11) is 1.92. The molecule has 22 heavy (non-hydrogen) atoms. The Labute approximate surface area is 132 Å². The molecule has 0 spiro atoms. The molecule has 2 rings (SSSR count). The minimum Gasteiger partial charge on any atom is -0.379 e. The molecule has 124 valence electrons. The summed E-state index contributed by atoms with van der Waals surface area (Å²) in [5.41, 5.74) is 0. The summed E-state index contributed by atoms with van der Waals surface area (Å²) >= 11 is 0. The first-order valence-corrected chi connectivity index (χ1v) is 7.87. The van der Waals surface area contributed by atoms with Crippen LogP contribution in [0.1, 0.15) is 19.7 Å². The van der Waals surface area contributed by atoms with Crippen LogP contribution >= 0.6 is 0 Å². The number of rotatable bonds is 6. The van der Waals surface area contributed by atoms with Crippen molar-refractivity contribution in [2.75, 3.05) is 39.4 Å². The maximum absolute atomic E-state index is 5.39. The third-order valence-electron chi connectivity index (χ3n) is 3.76. The van der Waals surface area contributed by atoms with Crippen molar-refractivity contribution in [3.63, 3.8) is 0 Å². The minimum atomic E-state index is 0.447. The van der Waals surface area contributed by atoms with Crippen molar-refractivity contribution < 1.29 is 4.74 Å². The van der Waals surface area contributed by atoms with Gasteiger partial charge in [-0.3, -0.25) is 4.90 Å². The Bertz CT molecular complexity index is 468. The first kappa shape index (κ1) is 16.7. The molecule has 1 fully saturated rings. The number of aliphatic imine (C=N–C) groups is 1. The molecule has 0 radical (unpaired) electrons. The standard InChI is InChI=1S/C14H27N7O/c1-4-15-14(17-10-13-19-18-11-20(13)3)16-9-12(2)21-5-7-22-8-6-21/h11-12H,4-10H2,1-3H3,(H2,15,16,17). The normalized spacial score (nSPS) is 18.2. The lowest BCUT2D eigenvalue weighted by Crippen LogP contribution is -2.49. The van der Waals surface area contributed by atoms with E-state index < -0.39 is 0 Å². The van der Waals surface area contributed by atoms with Crippen molar-refractivity contribution in [3.8, 4) is 0 Å². The Morgan fingerprint density at radius 2 is 2.18 bits per heavy atom. The van der Waals surface area contributed by atoms with E-state index in [1.54, 1.807) is 6.33 Å². The topological polar surface area (TPSA) is 79.6 Å². The zero-order valence-corrected chi connectivity index (χ0v) is 13.7. The second-order valence-electron chi connectivity index (χ2n) is 5.43. The minimum absolute atomic E-state index is 0.447. The highest BCUT2D eigenvalue weighted by Gasteiger charge is 2.17. The van der Waals surface area contributed by atoms with E-state index in [4.69, 9.17) is 4.74 Å². The van der Waals surface area contributed by atoms with Gasteiger partial charge in [0, 0.05) is 39.3 Å². The van der Waals surface area contributed by atoms with Crippen LogP contribution in [0.4, 0.5) is 0 Å². The molecule has 1 unspecified atom stereocenters. The fraction of sp³-hybridized carbons (Fsp3) is 0.786. The summed E-state index contributed by atoms with van der Waals surface area (Å²) in [6.45, 7) is 10.1. The molecule has 1 aromatic heterocycles. The predicted molar refractivity (Wildman–Crippen MR) is 85.7 cm³/mol. The Kier molecular flexibility index (Phi) is 6.60. The quantitative estimate of drug-likeness (QED) is 0.549. The summed E-state index contributed by atoms with van der Waals surface area (Å²) in [6, 6.07) is 0.447. The molecule has 0 aliphatic carbocycles. The lowest BCUT2D eigenvalue weighted by Gasteiger charge is -2.32. The summed E-state index contributed by atoms with van der Waals surface area (Å²) in [5, 5.41) is 14.6. The van der Waals surface area contributed by atoms with Gasteiger partial charge in [-0.15, -0.1) is 10.2 Å². The number of guanidine groups is 1. The van der Waals surface area contributed by atoms with E-state index in [0.29, 0.717) is 12.6 Å². The average Bonchev–Trinajstić information content (AvgIpc) is 2.96. The molecule has 1 saturated heterocycles. The number of aryl methyl sites for hydroxylation is 1. The molecular formula is C14H27N7O. The van der Waals surface area contributed by atoms with Gasteiger partial charge in [-0.1, -0.05) is 0 Å². The molecule has 1 atom stereocenters. The summed E-state index contributed by atoms with van der Waals surface area (Å²) in [4.78, 5) is 7.00. The van der Waals surface area contributed by atoms with E-state index in [1.807, 2.05) is 11.6 Å². The maximum Gasteiger partial charge on any atom is 0.191 e. The number of hydrogen-bond donors (Lipinski definition) is 2. The maximum atomic E-state index is 5.39. The molecule has 8 heteroatoms. The van der Waals surface area contributed by atoms with Gasteiger partial charge < -0.3 is 19.9 Å². The lowest BCUT2D eigenvalue weighted by molar-refractivity contribution is 0.0211. The average molecular weight is 309 g/mol. The van der Waals surface area contributed by atoms with E-state index in [2.05, 4.69) is 44.6 Å². The van der Waals surface area contributed by atoms with E-state index in [-0.39, 0.29) is 0 Å². The van der Waals surface area contributed by atoms with Gasteiger partial charge in [0.15, 0.2) is 11.8 Å². The number of ether oxygens (including phenoxy) is 1. The molecule has 2 heterocycles. The van der Waals surface area contributed by atoms with Crippen LogP contribution in [-0.4, -0.2) is 71.1 Å². The van der Waals surface area contributed by atoms with Crippen molar-refractivity contribution in [3.05, 3.63) is 12.2 Å². The number of nitrogens with one attached hydrogen (secondary N) is 2. The highest BCUT2D eigenvalue weighted by Crippen LogP contribution is 2.02. The summed E-state index contributed by atoms with van der Waals surface area (Å²) in [6.07, 6.45) is 1.69. The number of aromatic nitrogens is 3. The second-order valence-corrected chi connectivity index (χ2v) is 5.43. The van der Waals surface area contributed by atoms with Crippen LogP contribution < -0.4 is 10.6 Å². The van der Waals surface area contributed by atoms with Gasteiger partial charge in [0.2, 0.25) is 0 Å². The predicted octanol–water partition coefficient (Wildman–Crippen LogP) is -0.409. The van der Waals surface area contributed by atoms with E-state index in [1.165, 1.54) is 0 Å². The van der Waals surface area contributed by atoms with Crippen molar-refractivity contribution in [2.24, 2.45) is 12.0 Å². The Hall–Kier alpha value is -1.67. The summed E-state index contributed by atoms with van der Waals surface area (Å²) < 4.78 is 7.27. The molecule has 0 aromatic carbocycles. The van der Waals surface area contributed by atoms with Crippen LogP contribution in [0, 0.1) is 0 Å². The number of hydrogen-bond acceptors (Lipinski definition) is 5. The van der Waals surface area contributed by atoms with Gasteiger partial charge in [-0.05, 0) is 13.8 Å². The lowest BCUT2D eigenvalue weighted by atomic mass is 10.2. The molecule has 2 N–H and O–H groups in total. The Morgan fingerprint density at radius 1 is 1.41 bits per heavy atom. The fourth-order valence-corrected chi connectivity index (χ4v) is 2.33. The molecule has 8 nitrogen and oxygen atoms in total. The molecule has 1 aliphatic rings. The van der Waals surface area contributed by atoms with Crippen LogP contribution in [0.15, 0.2) is 11.3 Å².